The minimum absolute atomic E-state index is 0.0884. The van der Waals surface area contributed by atoms with Crippen LogP contribution in [0.3, 0.4) is 0 Å². The number of carboxylic acids is 1. The summed E-state index contributed by atoms with van der Waals surface area (Å²) in [6.45, 7) is 17.9. The van der Waals surface area contributed by atoms with Crippen LogP contribution in [0, 0.1) is 23.2 Å². The molecule has 0 saturated carbocycles. The zero-order valence-corrected chi connectivity index (χ0v) is 25.0. The predicted molar refractivity (Wildman–Crippen MR) is 152 cm³/mol. The molecule has 2 amide bonds. The number of aliphatic carboxylic acids is 1. The molecule has 7 atom stereocenters. The predicted octanol–water partition coefficient (Wildman–Crippen LogP) is 3.91. The molecule has 3 unspecified atom stereocenters. The number of aliphatic hydroxyl groups is 1. The summed E-state index contributed by atoms with van der Waals surface area (Å²) >= 11 is 0. The lowest BCUT2D eigenvalue weighted by Crippen LogP contribution is -2.62. The number of fused-ring (bicyclic) bond motifs is 1. The zero-order valence-electron chi connectivity index (χ0n) is 25.0. The van der Waals surface area contributed by atoms with E-state index in [-0.39, 0.29) is 30.4 Å². The third kappa shape index (κ3) is 4.77. The molecule has 220 valence electrons. The van der Waals surface area contributed by atoms with Crippen molar-refractivity contribution in [2.24, 2.45) is 23.2 Å². The second-order valence-corrected chi connectivity index (χ2v) is 14.1. The fourth-order valence-corrected chi connectivity index (χ4v) is 8.17. The second kappa shape index (κ2) is 10.3. The topological polar surface area (TPSA) is 107 Å². The van der Waals surface area contributed by atoms with Crippen LogP contribution in [-0.2, 0) is 25.5 Å². The molecule has 8 heteroatoms. The third-order valence-corrected chi connectivity index (χ3v) is 9.44. The Morgan fingerprint density at radius 1 is 1.23 bits per heavy atom. The van der Waals surface area contributed by atoms with Crippen molar-refractivity contribution in [2.75, 3.05) is 13.2 Å². The molecule has 3 aliphatic rings. The Hall–Kier alpha value is -2.71. The van der Waals surface area contributed by atoms with Crippen LogP contribution < -0.4 is 0 Å². The lowest BCUT2D eigenvalue weighted by Gasteiger charge is -2.46. The van der Waals surface area contributed by atoms with Gasteiger partial charge in [-0.2, -0.15) is 0 Å². The second-order valence-electron chi connectivity index (χ2n) is 14.1. The van der Waals surface area contributed by atoms with E-state index in [1.54, 1.807) is 17.9 Å². The Morgan fingerprint density at radius 3 is 2.38 bits per heavy atom. The number of carboxylic acid groups (broad SMARTS) is 1. The van der Waals surface area contributed by atoms with Crippen molar-refractivity contribution in [1.82, 2.24) is 9.80 Å². The summed E-state index contributed by atoms with van der Waals surface area (Å²) in [5, 5.41) is 21.0. The van der Waals surface area contributed by atoms with Crippen molar-refractivity contribution in [1.29, 1.82) is 0 Å². The SMILES string of the molecule is C=CCN(C(=O)C1N([C@@H](CO)Cc2ccccc2)C(=O)[C@@H]2[C@H](C(=O)O)[C@@]3(C)OC12CC3C)C(C)(C)CC(C)(C)C. The minimum Gasteiger partial charge on any atom is -0.481 e. The molecule has 8 nitrogen and oxygen atoms in total. The summed E-state index contributed by atoms with van der Waals surface area (Å²) in [6, 6.07) is 7.71. The first-order valence-electron chi connectivity index (χ1n) is 14.4. The number of carbonyl (C=O) groups is 3. The van der Waals surface area contributed by atoms with Crippen LogP contribution >= 0.6 is 0 Å². The van der Waals surface area contributed by atoms with Crippen molar-refractivity contribution in [2.45, 2.75) is 96.6 Å². The molecule has 4 rings (SSSR count). The van der Waals surface area contributed by atoms with Crippen LogP contribution in [0.2, 0.25) is 0 Å². The summed E-state index contributed by atoms with van der Waals surface area (Å²) in [4.78, 5) is 45.2. The Kier molecular flexibility index (Phi) is 7.78. The summed E-state index contributed by atoms with van der Waals surface area (Å²) in [5.41, 5.74) is -2.15. The van der Waals surface area contributed by atoms with Crippen molar-refractivity contribution in [3.8, 4) is 0 Å². The standard InChI is InChI=1S/C32H46N2O6/c1-9-15-33(30(6,7)19-29(3,4)5)27(37)25-32-17-20(2)31(8,40-32)24(28(38)39)23(32)26(36)34(25)22(18-35)16-21-13-11-10-12-14-21/h9-14,20,22-25,35H,1,15-19H2,2-8H3,(H,38,39)/t20?,22-,23+,24-,25?,31+,32?/m1/s1. The van der Waals surface area contributed by atoms with Crippen molar-refractivity contribution < 1.29 is 29.3 Å². The molecule has 2 N–H and O–H groups in total. The van der Waals surface area contributed by atoms with Gasteiger partial charge in [0, 0.05) is 12.1 Å². The van der Waals surface area contributed by atoms with E-state index >= 15 is 0 Å². The van der Waals surface area contributed by atoms with Gasteiger partial charge in [0.05, 0.1) is 24.2 Å². The number of aliphatic hydroxyl groups excluding tert-OH is 1. The van der Waals surface area contributed by atoms with Crippen LogP contribution in [0.5, 0.6) is 0 Å². The van der Waals surface area contributed by atoms with Crippen molar-refractivity contribution >= 4 is 17.8 Å². The normalized spacial score (nSPS) is 32.2. The molecule has 3 saturated heterocycles. The van der Waals surface area contributed by atoms with E-state index in [2.05, 4.69) is 27.4 Å². The smallest absolute Gasteiger partial charge is 0.310 e. The Morgan fingerprint density at radius 2 is 1.85 bits per heavy atom. The first-order valence-corrected chi connectivity index (χ1v) is 14.4. The number of benzene rings is 1. The maximum absolute atomic E-state index is 14.9. The number of nitrogens with zero attached hydrogens (tertiary/aromatic N) is 2. The highest BCUT2D eigenvalue weighted by Crippen LogP contribution is 2.65. The minimum atomic E-state index is -1.30. The Bertz CT molecular complexity index is 1160. The molecule has 0 aromatic heterocycles. The van der Waals surface area contributed by atoms with Crippen LogP contribution in [0.4, 0.5) is 0 Å². The van der Waals surface area contributed by atoms with E-state index in [1.165, 1.54) is 4.90 Å². The van der Waals surface area contributed by atoms with E-state index in [9.17, 15) is 24.6 Å². The molecular formula is C32H46N2O6. The van der Waals surface area contributed by atoms with Crippen LogP contribution in [0.1, 0.15) is 66.9 Å². The average molecular weight is 555 g/mol. The van der Waals surface area contributed by atoms with Crippen LogP contribution in [0.25, 0.3) is 0 Å². The highest BCUT2D eigenvalue weighted by Gasteiger charge is 2.80. The highest BCUT2D eigenvalue weighted by atomic mass is 16.5. The number of rotatable bonds is 10. The monoisotopic (exact) mass is 554 g/mol. The molecular weight excluding hydrogens is 508 g/mol. The molecule has 1 spiro atoms. The number of carbonyl (C=O) groups excluding carboxylic acids is 2. The summed E-state index contributed by atoms with van der Waals surface area (Å²) in [7, 11) is 0. The molecule has 3 heterocycles. The number of amides is 2. The Labute approximate surface area is 238 Å². The summed E-state index contributed by atoms with van der Waals surface area (Å²) in [5.74, 6) is -4.09. The fourth-order valence-electron chi connectivity index (χ4n) is 8.17. The number of hydrogen-bond donors (Lipinski definition) is 2. The maximum Gasteiger partial charge on any atom is 0.310 e. The van der Waals surface area contributed by atoms with Gasteiger partial charge in [0.2, 0.25) is 11.8 Å². The molecule has 3 fully saturated rings. The first kappa shape index (κ1) is 30.3. The Balaban J connectivity index is 1.87. The highest BCUT2D eigenvalue weighted by molar-refractivity contribution is 5.98. The van der Waals surface area contributed by atoms with Gasteiger partial charge in [0.1, 0.15) is 17.6 Å². The van der Waals surface area contributed by atoms with E-state index < -0.39 is 52.5 Å². The lowest BCUT2D eigenvalue weighted by molar-refractivity contribution is -0.162. The largest absolute Gasteiger partial charge is 0.481 e. The van der Waals surface area contributed by atoms with E-state index in [0.717, 1.165) is 5.56 Å². The van der Waals surface area contributed by atoms with E-state index in [4.69, 9.17) is 4.74 Å². The van der Waals surface area contributed by atoms with Crippen molar-refractivity contribution in [3.05, 3.63) is 48.6 Å². The number of ether oxygens (including phenoxy) is 1. The third-order valence-electron chi connectivity index (χ3n) is 9.44. The van der Waals surface area contributed by atoms with Gasteiger partial charge < -0.3 is 24.7 Å². The van der Waals surface area contributed by atoms with Gasteiger partial charge in [-0.05, 0) is 56.9 Å². The van der Waals surface area contributed by atoms with Gasteiger partial charge >= 0.3 is 5.97 Å². The van der Waals surface area contributed by atoms with Crippen LogP contribution in [0.15, 0.2) is 43.0 Å². The molecule has 3 aliphatic heterocycles. The lowest BCUT2D eigenvalue weighted by atomic mass is 9.62. The molecule has 1 aromatic rings. The van der Waals surface area contributed by atoms with Gasteiger partial charge in [-0.15, -0.1) is 6.58 Å². The fraction of sp³-hybridized carbons (Fsp3) is 0.656. The van der Waals surface area contributed by atoms with Gasteiger partial charge in [-0.3, -0.25) is 14.4 Å². The van der Waals surface area contributed by atoms with Gasteiger partial charge in [-0.1, -0.05) is 64.1 Å². The number of likely N-dealkylation sites (tertiary alicyclic amines) is 1. The van der Waals surface area contributed by atoms with Gasteiger partial charge in [-0.25, -0.2) is 0 Å². The van der Waals surface area contributed by atoms with Gasteiger partial charge in [0.15, 0.2) is 0 Å². The van der Waals surface area contributed by atoms with Gasteiger partial charge in [0.25, 0.3) is 0 Å². The molecule has 0 aliphatic carbocycles. The zero-order chi connectivity index (χ0) is 29.8. The summed E-state index contributed by atoms with van der Waals surface area (Å²) < 4.78 is 6.68. The van der Waals surface area contributed by atoms with Crippen LogP contribution in [-0.4, -0.2) is 79.8 Å². The average Bonchev–Trinajstić information content (AvgIpc) is 3.36. The number of hydrogen-bond acceptors (Lipinski definition) is 5. The molecule has 0 radical (unpaired) electrons. The molecule has 40 heavy (non-hydrogen) atoms. The maximum atomic E-state index is 14.9. The quantitative estimate of drug-likeness (QED) is 0.425. The first-order chi connectivity index (χ1) is 18.5. The van der Waals surface area contributed by atoms with E-state index in [0.29, 0.717) is 19.3 Å². The summed E-state index contributed by atoms with van der Waals surface area (Å²) in [6.07, 6.45) is 3.09. The molecule has 2 bridgehead atoms. The van der Waals surface area contributed by atoms with E-state index in [1.807, 2.05) is 51.1 Å². The van der Waals surface area contributed by atoms with Crippen molar-refractivity contribution in [3.63, 3.8) is 0 Å². The molecule has 1 aromatic carbocycles.